The van der Waals surface area contributed by atoms with Gasteiger partial charge >= 0.3 is 0 Å². The zero-order valence-electron chi connectivity index (χ0n) is 55.0. The number of fused-ring (bicyclic) bond motifs is 9. The lowest BCUT2D eigenvalue weighted by Gasteiger charge is -2.48. The molecule has 3 nitrogen and oxygen atoms in total. The van der Waals surface area contributed by atoms with Gasteiger partial charge in [0.1, 0.15) is 0 Å². The molecule has 0 spiro atoms. The molecule has 0 N–H and O–H groups in total. The third-order valence-electron chi connectivity index (χ3n) is 19.9. The highest BCUT2D eigenvalue weighted by Gasteiger charge is 2.48. The van der Waals surface area contributed by atoms with Crippen molar-refractivity contribution in [3.63, 3.8) is 0 Å². The molecule has 2 aliphatic heterocycles. The predicted octanol–water partition coefficient (Wildman–Crippen LogP) is 20.5. The Morgan fingerprint density at radius 1 is 0.463 bits per heavy atom. The maximum Gasteiger partial charge on any atom is 0.252 e. The van der Waals surface area contributed by atoms with E-state index in [0.29, 0.717) is 5.56 Å². The van der Waals surface area contributed by atoms with Gasteiger partial charge in [-0.2, -0.15) is 0 Å². The largest absolute Gasteiger partial charge is 0.311 e. The molecule has 0 fully saturated rings. The number of hydrogen-bond acceptors (Lipinski definition) is 4. The number of anilines is 9. The molecule has 1 aromatic heterocycles. The summed E-state index contributed by atoms with van der Waals surface area (Å²) in [7, 11) is 0. The van der Waals surface area contributed by atoms with Gasteiger partial charge in [-0.25, -0.2) is 0 Å². The van der Waals surface area contributed by atoms with Gasteiger partial charge < -0.3 is 14.7 Å². The third-order valence-corrected chi connectivity index (χ3v) is 21.1. The van der Waals surface area contributed by atoms with Crippen LogP contribution in [0.25, 0.3) is 20.2 Å². The van der Waals surface area contributed by atoms with Crippen LogP contribution >= 0.6 is 11.3 Å². The lowest BCUT2D eigenvalue weighted by molar-refractivity contribution is 0.332. The van der Waals surface area contributed by atoms with Crippen LogP contribution in [0.4, 0.5) is 51.2 Å². The van der Waals surface area contributed by atoms with Gasteiger partial charge in [-0.15, -0.1) is 11.3 Å². The van der Waals surface area contributed by atoms with Crippen molar-refractivity contribution >= 4 is 106 Å². The summed E-state index contributed by atoms with van der Waals surface area (Å²) in [5.74, 6) is 0. The summed E-state index contributed by atoms with van der Waals surface area (Å²) in [5.41, 5.74) is 22.3. The third kappa shape index (κ3) is 8.62. The van der Waals surface area contributed by atoms with E-state index in [-0.39, 0.29) is 44.6 Å². The first kappa shape index (κ1) is 51.1. The number of thiophene rings is 1. The molecule has 0 saturated heterocycles. The van der Waals surface area contributed by atoms with Crippen LogP contribution in [0, 0.1) is 6.85 Å². The van der Waals surface area contributed by atoms with Crippen molar-refractivity contribution in [1.29, 1.82) is 0 Å². The van der Waals surface area contributed by atoms with Crippen LogP contribution in [0.3, 0.4) is 0 Å². The van der Waals surface area contributed by atoms with E-state index >= 15 is 0 Å². The lowest BCUT2D eigenvalue weighted by atomic mass is 9.33. The van der Waals surface area contributed by atoms with E-state index in [1.807, 2.05) is 23.5 Å². The Labute approximate surface area is 500 Å². The second-order valence-electron chi connectivity index (χ2n) is 30.6. The molecule has 0 unspecified atom stereocenters. The number of aryl methyl sites for hydroxylation is 1. The molecule has 3 heterocycles. The average molecular weight is 1100 g/mol. The summed E-state index contributed by atoms with van der Waals surface area (Å²) in [6, 6.07) is 55.6. The van der Waals surface area contributed by atoms with E-state index in [9.17, 15) is 4.11 Å². The summed E-state index contributed by atoms with van der Waals surface area (Å²) < 4.78 is 30.9. The SMILES string of the molecule is [2H]C([2H])([2H])c1cc2c3c(c1)N(c1ccc(C(C)(C)C)c4c1sc1ccccc14)c1cc(N(c4ccc(C(C)(C)C)cc4)c4ccc(C(C)(C)C)cc4)ccc1B3c1cc3c(cc1N2c1ccc2c(c1)C(C)(C)CCC2(C)C)C(C)(C)CCC3(C)C. The first-order valence-corrected chi connectivity index (χ1v) is 31.2. The number of nitrogens with zero attached hydrogens (tertiary/aromatic N) is 3. The van der Waals surface area contributed by atoms with Gasteiger partial charge in [-0.1, -0.05) is 184 Å². The van der Waals surface area contributed by atoms with Crippen LogP contribution < -0.4 is 31.1 Å². The second kappa shape index (κ2) is 18.2. The minimum absolute atomic E-state index is 0.0200. The van der Waals surface area contributed by atoms with E-state index in [1.165, 1.54) is 70.0 Å². The van der Waals surface area contributed by atoms with E-state index in [4.69, 9.17) is 0 Å². The molecule has 5 heteroatoms. The molecule has 0 amide bonds. The van der Waals surface area contributed by atoms with Crippen molar-refractivity contribution in [3.05, 3.63) is 190 Å². The van der Waals surface area contributed by atoms with Gasteiger partial charge in [0.05, 0.1) is 10.4 Å². The highest BCUT2D eigenvalue weighted by Crippen LogP contribution is 2.55. The van der Waals surface area contributed by atoms with Gasteiger partial charge in [0.2, 0.25) is 0 Å². The van der Waals surface area contributed by atoms with Crippen molar-refractivity contribution in [3.8, 4) is 0 Å². The fourth-order valence-electron chi connectivity index (χ4n) is 14.7. The number of rotatable bonds is 5. The Bertz CT molecular complexity index is 4140. The Balaban J connectivity index is 1.17. The molecular weight excluding hydrogens is 1010 g/mol. The molecule has 0 bridgehead atoms. The standard InChI is InChI=1S/C77H86BN3S/c1-47-41-65-69-66(42-47)81(62-36-34-56(73(8,9)10)68-54-21-19-20-22-67(54)82-70(62)68)63-44-53(79(50-27-23-48(24-28-50)71(2,3)4)51-29-25-49(26-30-51)72(5,6)7)32-35-60(63)78(69)61-45-58-59(77(17,18)40-39-76(58,15)16)46-64(61)80(65)52-31-33-55-57(43-52)75(13,14)38-37-74(55,11)12/h19-36,41-46H,37-40H2,1-18H3/i1D3. The molecular formula is C77H86BN3S. The monoisotopic (exact) mass is 1100 g/mol. The molecule has 4 aliphatic rings. The molecule has 13 rings (SSSR count). The van der Waals surface area contributed by atoms with Crippen molar-refractivity contribution < 1.29 is 4.11 Å². The zero-order valence-corrected chi connectivity index (χ0v) is 52.8. The lowest BCUT2D eigenvalue weighted by Crippen LogP contribution is -2.62. The summed E-state index contributed by atoms with van der Waals surface area (Å²) in [4.78, 5) is 7.41. The predicted molar refractivity (Wildman–Crippen MR) is 359 cm³/mol. The zero-order chi connectivity index (χ0) is 60.7. The minimum Gasteiger partial charge on any atom is -0.311 e. The van der Waals surface area contributed by atoms with Crippen LogP contribution in [-0.2, 0) is 37.9 Å². The summed E-state index contributed by atoms with van der Waals surface area (Å²) in [6.07, 6.45) is 4.38. The Hall–Kier alpha value is -6.56. The molecule has 2 aliphatic carbocycles. The van der Waals surface area contributed by atoms with Gasteiger partial charge in [0.15, 0.2) is 0 Å². The van der Waals surface area contributed by atoms with Gasteiger partial charge in [-0.05, 0) is 210 Å². The van der Waals surface area contributed by atoms with Gasteiger partial charge in [-0.3, -0.25) is 0 Å². The first-order valence-electron chi connectivity index (χ1n) is 31.9. The summed E-state index contributed by atoms with van der Waals surface area (Å²) >= 11 is 1.85. The van der Waals surface area contributed by atoms with Crippen molar-refractivity contribution in [2.24, 2.45) is 0 Å². The van der Waals surface area contributed by atoms with Crippen molar-refractivity contribution in [2.75, 3.05) is 14.7 Å². The Morgan fingerprint density at radius 3 is 1.56 bits per heavy atom. The quantitative estimate of drug-likeness (QED) is 0.159. The molecule has 82 heavy (non-hydrogen) atoms. The molecule has 0 atom stereocenters. The second-order valence-corrected chi connectivity index (χ2v) is 31.7. The van der Waals surface area contributed by atoms with E-state index in [1.54, 1.807) is 0 Å². The average Bonchev–Trinajstić information content (AvgIpc) is 0.982. The molecule has 418 valence electrons. The molecule has 0 saturated carbocycles. The van der Waals surface area contributed by atoms with E-state index in [2.05, 4.69) is 266 Å². The topological polar surface area (TPSA) is 9.72 Å². The highest BCUT2D eigenvalue weighted by atomic mass is 32.1. The van der Waals surface area contributed by atoms with Crippen molar-refractivity contribution in [2.45, 2.75) is 188 Å². The van der Waals surface area contributed by atoms with Crippen LogP contribution in [0.1, 0.15) is 192 Å². The maximum absolute atomic E-state index is 9.48. The van der Waals surface area contributed by atoms with Crippen LogP contribution in [0.5, 0.6) is 0 Å². The Morgan fingerprint density at radius 2 is 0.988 bits per heavy atom. The fraction of sp³-hybridized carbons (Fsp3) is 0.377. The number of hydrogen-bond donors (Lipinski definition) is 0. The van der Waals surface area contributed by atoms with Gasteiger partial charge in [0.25, 0.3) is 6.71 Å². The normalized spacial score (nSPS) is 18.2. The molecule has 0 radical (unpaired) electrons. The first-order chi connectivity index (χ1) is 39.6. The van der Waals surface area contributed by atoms with Crippen LogP contribution in [0.15, 0.2) is 146 Å². The van der Waals surface area contributed by atoms with Crippen LogP contribution in [0.2, 0.25) is 0 Å². The van der Waals surface area contributed by atoms with E-state index in [0.717, 1.165) is 82.3 Å². The fourth-order valence-corrected chi connectivity index (χ4v) is 15.9. The highest BCUT2D eigenvalue weighted by molar-refractivity contribution is 7.26. The molecule has 8 aromatic carbocycles. The van der Waals surface area contributed by atoms with E-state index < -0.39 is 6.85 Å². The number of benzene rings is 8. The Kier molecular flexibility index (Phi) is 11.4. The summed E-state index contributed by atoms with van der Waals surface area (Å²) in [6.45, 7) is 37.3. The summed E-state index contributed by atoms with van der Waals surface area (Å²) in [5, 5.41) is 2.50. The smallest absolute Gasteiger partial charge is 0.252 e. The van der Waals surface area contributed by atoms with Gasteiger partial charge in [0, 0.05) is 65.1 Å². The minimum atomic E-state index is -2.43. The molecule has 9 aromatic rings. The van der Waals surface area contributed by atoms with Crippen LogP contribution in [-0.4, -0.2) is 6.71 Å². The maximum atomic E-state index is 9.48. The van der Waals surface area contributed by atoms with Crippen molar-refractivity contribution in [1.82, 2.24) is 0 Å².